The van der Waals surface area contributed by atoms with Crippen molar-refractivity contribution < 1.29 is 75.9 Å². The molecule has 0 radical (unpaired) electrons. The molecule has 7 aromatic carbocycles. The van der Waals surface area contributed by atoms with Gasteiger partial charge < -0.3 is 75.9 Å². The van der Waals surface area contributed by atoms with E-state index in [1.165, 1.54) is 24.3 Å². The fourth-order valence-corrected chi connectivity index (χ4v) is 6.90. The minimum Gasteiger partial charge on any atom is -0.506 e. The van der Waals surface area contributed by atoms with Crippen molar-refractivity contribution in [3.63, 3.8) is 0 Å². The van der Waals surface area contributed by atoms with Crippen molar-refractivity contribution in [1.82, 2.24) is 0 Å². The second kappa shape index (κ2) is 9.93. The first-order valence-corrected chi connectivity index (χ1v) is 14.7. The van der Waals surface area contributed by atoms with Crippen LogP contribution in [0.2, 0.25) is 0 Å². The van der Waals surface area contributed by atoms with Crippen LogP contribution in [0.1, 0.15) is 0 Å². The minimum atomic E-state index is -1.20. The Morgan fingerprint density at radius 1 is 0.255 bits per heavy atom. The van der Waals surface area contributed by atoms with Crippen LogP contribution in [0.15, 0.2) is 52.9 Å². The highest BCUT2D eigenvalue weighted by molar-refractivity contribution is 6.28. The maximum atomic E-state index is 12.0. The molecule has 0 atom stereocenters. The van der Waals surface area contributed by atoms with Gasteiger partial charge in [-0.15, -0.1) is 0 Å². The van der Waals surface area contributed by atoms with Gasteiger partial charge in [0.15, 0.2) is 45.7 Å². The summed E-state index contributed by atoms with van der Waals surface area (Å²) in [6.07, 6.45) is 0. The third kappa shape index (κ3) is 3.60. The Balaban J connectivity index is 1.59. The largest absolute Gasteiger partial charge is 0.506 e. The average molecular weight is 695 g/mol. The monoisotopic (exact) mass is 694 g/mol. The molecule has 0 spiro atoms. The van der Waals surface area contributed by atoms with Crippen LogP contribution >= 0.6 is 0 Å². The first-order valence-electron chi connectivity index (χ1n) is 14.7. The van der Waals surface area contributed by atoms with Gasteiger partial charge in [0.25, 0.3) is 0 Å². The van der Waals surface area contributed by atoms with Crippen molar-refractivity contribution in [3.05, 3.63) is 48.5 Å². The van der Waals surface area contributed by atoms with E-state index in [1.807, 2.05) is 0 Å². The lowest BCUT2D eigenvalue weighted by molar-refractivity contribution is 0.330. The molecular weight excluding hydrogens is 672 g/mol. The highest BCUT2D eigenvalue weighted by Gasteiger charge is 2.34. The van der Waals surface area contributed by atoms with E-state index < -0.39 is 124 Å². The summed E-state index contributed by atoms with van der Waals surface area (Å²) in [5.41, 5.74) is -2.40. The molecule has 1 aromatic heterocycles. The van der Waals surface area contributed by atoms with Crippen LogP contribution in [0.25, 0.3) is 76.5 Å². The Hall–Kier alpha value is -7.68. The number of furan rings is 1. The van der Waals surface area contributed by atoms with Crippen LogP contribution in [-0.4, -0.2) is 71.5 Å². The van der Waals surface area contributed by atoms with E-state index in [2.05, 4.69) is 0 Å². The van der Waals surface area contributed by atoms with E-state index in [1.54, 1.807) is 24.3 Å². The van der Waals surface area contributed by atoms with Gasteiger partial charge in [-0.2, -0.15) is 0 Å². The maximum Gasteiger partial charge on any atom is 0.208 e. The van der Waals surface area contributed by atoms with Crippen LogP contribution in [0.4, 0.5) is 0 Å². The molecule has 0 aliphatic heterocycles. The Kier molecular flexibility index (Phi) is 5.96. The van der Waals surface area contributed by atoms with Gasteiger partial charge in [0.1, 0.15) is 11.5 Å². The molecule has 8 rings (SSSR count). The van der Waals surface area contributed by atoms with E-state index in [-0.39, 0.29) is 32.7 Å². The van der Waals surface area contributed by atoms with Crippen molar-refractivity contribution in [2.45, 2.75) is 0 Å². The van der Waals surface area contributed by atoms with Crippen LogP contribution in [-0.2, 0) is 0 Å². The van der Waals surface area contributed by atoms with Gasteiger partial charge in [0.05, 0.1) is 32.7 Å². The van der Waals surface area contributed by atoms with E-state index >= 15 is 0 Å². The standard InChI is InChI=1S/C36H22O15/c37-21-15(23(39)24(40)18-17(21)22(38)19-20-27(43)31(47)33(49)34(50)36(20)51-35(19)28(18)44)13-9-5-1-3-7-11(9)14(12-8-4-2-6-10(12)13)16-25(41)29(45)32(48)30(46)26(16)42/h1-8,37-50H. The Labute approximate surface area is 281 Å². The molecule has 15 nitrogen and oxygen atoms in total. The molecule has 0 bridgehead atoms. The lowest BCUT2D eigenvalue weighted by atomic mass is 9.84. The second-order valence-electron chi connectivity index (χ2n) is 11.7. The molecule has 0 saturated heterocycles. The molecule has 0 saturated carbocycles. The highest BCUT2D eigenvalue weighted by atomic mass is 16.4. The maximum absolute atomic E-state index is 12.0. The first-order chi connectivity index (χ1) is 24.2. The van der Waals surface area contributed by atoms with Gasteiger partial charge in [-0.05, 0) is 21.5 Å². The zero-order chi connectivity index (χ0) is 36.5. The summed E-state index contributed by atoms with van der Waals surface area (Å²) in [5.74, 6) is -15.0. The molecule has 0 unspecified atom stereocenters. The number of phenols is 14. The fourth-order valence-electron chi connectivity index (χ4n) is 6.90. The summed E-state index contributed by atoms with van der Waals surface area (Å²) < 4.78 is 5.43. The van der Waals surface area contributed by atoms with Crippen LogP contribution < -0.4 is 0 Å². The van der Waals surface area contributed by atoms with Crippen molar-refractivity contribution in [3.8, 4) is 103 Å². The van der Waals surface area contributed by atoms with E-state index in [9.17, 15) is 71.5 Å². The SMILES string of the molecule is Oc1c(O)c(O)c(-c2c3ccccc3c(-c3c(O)c(O)c4c(O)c5oc6c(O)c(O)c(O)c(O)c6c5c(O)c4c3O)c3ccccc23)c(O)c1O. The van der Waals surface area contributed by atoms with Gasteiger partial charge in [0, 0.05) is 11.1 Å². The van der Waals surface area contributed by atoms with Gasteiger partial charge >= 0.3 is 0 Å². The second-order valence-corrected chi connectivity index (χ2v) is 11.7. The van der Waals surface area contributed by atoms with Crippen LogP contribution in [0.5, 0.6) is 80.5 Å². The molecule has 0 aliphatic carbocycles. The van der Waals surface area contributed by atoms with Gasteiger partial charge in [-0.3, -0.25) is 0 Å². The molecule has 1 heterocycles. The van der Waals surface area contributed by atoms with Gasteiger partial charge in [-0.1, -0.05) is 48.5 Å². The predicted molar refractivity (Wildman–Crippen MR) is 180 cm³/mol. The number of aromatic hydroxyl groups is 14. The Morgan fingerprint density at radius 3 is 1.06 bits per heavy atom. The summed E-state index contributed by atoms with van der Waals surface area (Å²) in [6, 6.07) is 12.2. The zero-order valence-electron chi connectivity index (χ0n) is 25.3. The lowest BCUT2D eigenvalue weighted by Crippen LogP contribution is -1.94. The number of rotatable bonds is 2. The summed E-state index contributed by atoms with van der Waals surface area (Å²) in [6.45, 7) is 0. The highest BCUT2D eigenvalue weighted by Crippen LogP contribution is 2.63. The van der Waals surface area contributed by atoms with Crippen LogP contribution in [0.3, 0.4) is 0 Å². The average Bonchev–Trinajstić information content (AvgIpc) is 3.54. The molecule has 51 heavy (non-hydrogen) atoms. The minimum absolute atomic E-state index is 0.0116. The van der Waals surface area contributed by atoms with Gasteiger partial charge in [0.2, 0.25) is 34.5 Å². The Morgan fingerprint density at radius 2 is 0.569 bits per heavy atom. The molecule has 15 heteroatoms. The number of phenolic OH excluding ortho intramolecular Hbond substituents is 14. The topological polar surface area (TPSA) is 296 Å². The Bertz CT molecular complexity index is 2820. The predicted octanol–water partition coefficient (Wildman–Crippen LogP) is 6.26. The summed E-state index contributed by atoms with van der Waals surface area (Å²) in [5, 5.41) is 150. The number of hydrogen-bond donors (Lipinski definition) is 14. The molecule has 0 aliphatic rings. The molecule has 0 fully saturated rings. The fraction of sp³-hybridized carbons (Fsp3) is 0. The van der Waals surface area contributed by atoms with Crippen molar-refractivity contribution in [1.29, 1.82) is 0 Å². The normalized spacial score (nSPS) is 11.8. The number of hydrogen-bond acceptors (Lipinski definition) is 15. The molecule has 14 N–H and O–H groups in total. The van der Waals surface area contributed by atoms with E-state index in [0.717, 1.165) is 0 Å². The van der Waals surface area contributed by atoms with Crippen molar-refractivity contribution in [2.24, 2.45) is 0 Å². The number of benzene rings is 7. The third-order valence-electron chi connectivity index (χ3n) is 9.18. The lowest BCUT2D eigenvalue weighted by Gasteiger charge is -2.22. The quantitative estimate of drug-likeness (QED) is 0.0540. The molecule has 256 valence electrons. The molecule has 8 aromatic rings. The molecular formula is C36H22O15. The van der Waals surface area contributed by atoms with Crippen molar-refractivity contribution >= 4 is 54.3 Å². The van der Waals surface area contributed by atoms with Crippen molar-refractivity contribution in [2.75, 3.05) is 0 Å². The smallest absolute Gasteiger partial charge is 0.208 e. The summed E-state index contributed by atoms with van der Waals surface area (Å²) in [7, 11) is 0. The van der Waals surface area contributed by atoms with Gasteiger partial charge in [-0.25, -0.2) is 0 Å². The van der Waals surface area contributed by atoms with E-state index in [0.29, 0.717) is 0 Å². The molecule has 0 amide bonds. The summed E-state index contributed by atoms with van der Waals surface area (Å²) in [4.78, 5) is 0. The summed E-state index contributed by atoms with van der Waals surface area (Å²) >= 11 is 0. The first kappa shape index (κ1) is 30.6. The van der Waals surface area contributed by atoms with Crippen LogP contribution in [0, 0.1) is 0 Å². The number of fused-ring (bicyclic) bond motifs is 6. The van der Waals surface area contributed by atoms with E-state index in [4.69, 9.17) is 4.42 Å². The third-order valence-corrected chi connectivity index (χ3v) is 9.18. The zero-order valence-corrected chi connectivity index (χ0v) is 25.3.